The number of hydrogen-bond donors (Lipinski definition) is 3. The van der Waals surface area contributed by atoms with E-state index in [2.05, 4.69) is 20.7 Å². The Morgan fingerprint density at radius 1 is 1.41 bits per heavy atom. The van der Waals surface area contributed by atoms with Crippen LogP contribution < -0.4 is 10.5 Å². The second kappa shape index (κ2) is 6.07. The number of carboxylic acids is 1. The first-order chi connectivity index (χ1) is 10.1. The summed E-state index contributed by atoms with van der Waals surface area (Å²) >= 11 is 9.91. The number of aryl methyl sites for hydroxylation is 1. The predicted octanol–water partition coefficient (Wildman–Crippen LogP) is 3.55. The number of carbonyl (C=O) groups is 1. The number of sulfonamides is 1. The molecule has 22 heavy (non-hydrogen) atoms. The van der Waals surface area contributed by atoms with Gasteiger partial charge in [0.2, 0.25) is 0 Å². The van der Waals surface area contributed by atoms with Gasteiger partial charge in [0.25, 0.3) is 10.0 Å². The zero-order valence-electron chi connectivity index (χ0n) is 11.1. The summed E-state index contributed by atoms with van der Waals surface area (Å²) in [7, 11) is -3.91. The molecule has 0 spiro atoms. The van der Waals surface area contributed by atoms with Crippen LogP contribution in [0.25, 0.3) is 0 Å². The van der Waals surface area contributed by atoms with Crippen LogP contribution in [0.15, 0.2) is 26.9 Å². The van der Waals surface area contributed by atoms with Crippen LogP contribution in [0, 0.1) is 6.92 Å². The van der Waals surface area contributed by atoms with Crippen molar-refractivity contribution in [2.45, 2.75) is 11.1 Å². The van der Waals surface area contributed by atoms with Gasteiger partial charge < -0.3 is 10.8 Å². The van der Waals surface area contributed by atoms with Gasteiger partial charge >= 0.3 is 5.97 Å². The minimum atomic E-state index is -3.91. The average Bonchev–Trinajstić information content (AvgIpc) is 2.74. The first-order valence-electron chi connectivity index (χ1n) is 5.73. The summed E-state index contributed by atoms with van der Waals surface area (Å²) in [5.74, 6) is -1.26. The molecule has 0 atom stereocenters. The third-order valence-electron chi connectivity index (χ3n) is 2.72. The third-order valence-corrected chi connectivity index (χ3v) is 6.57. The van der Waals surface area contributed by atoms with Crippen molar-refractivity contribution < 1.29 is 18.3 Å². The molecule has 6 nitrogen and oxygen atoms in total. The maximum absolute atomic E-state index is 12.3. The zero-order valence-corrected chi connectivity index (χ0v) is 15.0. The molecule has 0 unspecified atom stereocenters. The highest BCUT2D eigenvalue weighted by molar-refractivity contribution is 9.10. The summed E-state index contributed by atoms with van der Waals surface area (Å²) in [5.41, 5.74) is 5.97. The molecule has 2 rings (SSSR count). The van der Waals surface area contributed by atoms with E-state index in [-0.39, 0.29) is 21.1 Å². The molecule has 1 aromatic carbocycles. The van der Waals surface area contributed by atoms with Gasteiger partial charge in [-0.2, -0.15) is 0 Å². The first-order valence-corrected chi connectivity index (χ1v) is 9.20. The maximum atomic E-state index is 12.3. The van der Waals surface area contributed by atoms with Crippen LogP contribution in [0.3, 0.4) is 0 Å². The number of nitrogens with one attached hydrogen (secondary N) is 1. The number of halogens is 2. The van der Waals surface area contributed by atoms with Crippen LogP contribution in [-0.4, -0.2) is 19.5 Å². The molecule has 0 fully saturated rings. The standard InChI is InChI=1S/C12H10BrClN2O4S2/c1-5-2-9(21-11(5)14)22(19,20)16-8-4-6(13)3-7(10(8)15)12(17)18/h2-4,16H,15H2,1H3,(H,17,18). The Balaban J connectivity index is 2.48. The van der Waals surface area contributed by atoms with Crippen LogP contribution in [0.4, 0.5) is 11.4 Å². The van der Waals surface area contributed by atoms with Crippen molar-refractivity contribution in [1.29, 1.82) is 0 Å². The quantitative estimate of drug-likeness (QED) is 0.649. The van der Waals surface area contributed by atoms with Gasteiger partial charge in [-0.3, -0.25) is 4.72 Å². The van der Waals surface area contributed by atoms with E-state index in [0.29, 0.717) is 14.4 Å². The van der Waals surface area contributed by atoms with Gasteiger partial charge in [-0.15, -0.1) is 11.3 Å². The molecule has 0 aliphatic rings. The smallest absolute Gasteiger partial charge is 0.337 e. The van der Waals surface area contributed by atoms with Gasteiger partial charge in [0.1, 0.15) is 4.21 Å². The Morgan fingerprint density at radius 2 is 2.05 bits per heavy atom. The van der Waals surface area contributed by atoms with Crippen molar-refractivity contribution in [3.63, 3.8) is 0 Å². The molecule has 4 N–H and O–H groups in total. The first kappa shape index (κ1) is 17.1. The number of anilines is 2. The summed E-state index contributed by atoms with van der Waals surface area (Å²) in [4.78, 5) is 11.1. The molecular weight excluding hydrogens is 416 g/mol. The lowest BCUT2D eigenvalue weighted by Gasteiger charge is -2.11. The normalized spacial score (nSPS) is 11.4. The summed E-state index contributed by atoms with van der Waals surface area (Å²) in [6.07, 6.45) is 0. The van der Waals surface area contributed by atoms with Gasteiger partial charge in [0.15, 0.2) is 0 Å². The zero-order chi connectivity index (χ0) is 16.7. The van der Waals surface area contributed by atoms with Crippen LogP contribution in [0.1, 0.15) is 15.9 Å². The predicted molar refractivity (Wildman–Crippen MR) is 90.4 cm³/mol. The van der Waals surface area contributed by atoms with Gasteiger partial charge in [-0.05, 0) is 30.7 Å². The molecule has 118 valence electrons. The van der Waals surface area contributed by atoms with E-state index in [1.165, 1.54) is 18.2 Å². The minimum Gasteiger partial charge on any atom is -0.478 e. The Morgan fingerprint density at radius 3 is 2.55 bits per heavy atom. The molecule has 0 bridgehead atoms. The number of hydrogen-bond acceptors (Lipinski definition) is 5. The van der Waals surface area contributed by atoms with Crippen LogP contribution in [0.5, 0.6) is 0 Å². The van der Waals surface area contributed by atoms with Crippen molar-refractivity contribution >= 4 is 66.2 Å². The SMILES string of the molecule is Cc1cc(S(=O)(=O)Nc2cc(Br)cc(C(=O)O)c2N)sc1Cl. The van der Waals surface area contributed by atoms with Crippen molar-refractivity contribution in [3.05, 3.63) is 38.1 Å². The van der Waals surface area contributed by atoms with Crippen molar-refractivity contribution in [2.24, 2.45) is 0 Å². The number of nitrogens with two attached hydrogens (primary N) is 1. The Kier molecular flexibility index (Phi) is 4.71. The number of thiophene rings is 1. The van der Waals surface area contributed by atoms with E-state index >= 15 is 0 Å². The fraction of sp³-hybridized carbons (Fsp3) is 0.0833. The molecule has 2 aromatic rings. The van der Waals surface area contributed by atoms with Gasteiger partial charge in [0.05, 0.1) is 21.3 Å². The molecule has 0 aliphatic carbocycles. The van der Waals surface area contributed by atoms with E-state index in [0.717, 1.165) is 11.3 Å². The summed E-state index contributed by atoms with van der Waals surface area (Å²) in [6.45, 7) is 1.69. The number of nitrogen functional groups attached to an aromatic ring is 1. The minimum absolute atomic E-state index is 0.0195. The lowest BCUT2D eigenvalue weighted by molar-refractivity contribution is 0.0698. The Hall–Kier alpha value is -1.29. The van der Waals surface area contributed by atoms with Gasteiger partial charge in [-0.1, -0.05) is 27.5 Å². The summed E-state index contributed by atoms with van der Waals surface area (Å²) < 4.78 is 27.7. The van der Waals surface area contributed by atoms with E-state index < -0.39 is 16.0 Å². The molecule has 1 heterocycles. The lowest BCUT2D eigenvalue weighted by Crippen LogP contribution is -2.14. The highest BCUT2D eigenvalue weighted by atomic mass is 79.9. The van der Waals surface area contributed by atoms with E-state index in [1.54, 1.807) is 6.92 Å². The van der Waals surface area contributed by atoms with Gasteiger partial charge in [-0.25, -0.2) is 13.2 Å². The summed E-state index contributed by atoms with van der Waals surface area (Å²) in [5, 5.41) is 9.08. The van der Waals surface area contributed by atoms with E-state index in [9.17, 15) is 13.2 Å². The monoisotopic (exact) mass is 424 g/mol. The molecule has 0 aliphatic heterocycles. The van der Waals surface area contributed by atoms with Crippen molar-refractivity contribution in [3.8, 4) is 0 Å². The molecule has 10 heteroatoms. The molecular formula is C12H10BrClN2O4S2. The maximum Gasteiger partial charge on any atom is 0.337 e. The average molecular weight is 426 g/mol. The molecule has 1 aromatic heterocycles. The third kappa shape index (κ3) is 3.37. The Labute approximate surface area is 144 Å². The second-order valence-corrected chi connectivity index (χ2v) is 8.83. The molecule has 0 saturated heterocycles. The fourth-order valence-electron chi connectivity index (χ4n) is 1.64. The number of rotatable bonds is 4. The van der Waals surface area contributed by atoms with Crippen LogP contribution in [0.2, 0.25) is 4.34 Å². The van der Waals surface area contributed by atoms with Crippen molar-refractivity contribution in [2.75, 3.05) is 10.5 Å². The van der Waals surface area contributed by atoms with Crippen LogP contribution >= 0.6 is 38.9 Å². The number of carboxylic acid groups (broad SMARTS) is 1. The highest BCUT2D eigenvalue weighted by Crippen LogP contribution is 2.34. The topological polar surface area (TPSA) is 109 Å². The number of benzene rings is 1. The van der Waals surface area contributed by atoms with Crippen molar-refractivity contribution in [1.82, 2.24) is 0 Å². The van der Waals surface area contributed by atoms with E-state index in [4.69, 9.17) is 22.4 Å². The number of aromatic carboxylic acids is 1. The van der Waals surface area contributed by atoms with E-state index in [1.807, 2.05) is 0 Å². The summed E-state index contributed by atoms with van der Waals surface area (Å²) in [6, 6.07) is 4.12. The largest absolute Gasteiger partial charge is 0.478 e. The highest BCUT2D eigenvalue weighted by Gasteiger charge is 2.22. The second-order valence-electron chi connectivity index (χ2n) is 4.35. The van der Waals surface area contributed by atoms with Crippen LogP contribution in [-0.2, 0) is 10.0 Å². The van der Waals surface area contributed by atoms with Gasteiger partial charge in [0, 0.05) is 4.47 Å². The fourth-order valence-corrected chi connectivity index (χ4v) is 4.87. The molecule has 0 saturated carbocycles. The lowest BCUT2D eigenvalue weighted by atomic mass is 10.1. The molecule has 0 amide bonds. The Bertz CT molecular complexity index is 845. The molecule has 0 radical (unpaired) electrons.